The molecule has 120 valence electrons. The molecule has 1 saturated heterocycles. The van der Waals surface area contributed by atoms with E-state index in [0.717, 1.165) is 24.0 Å². The highest BCUT2D eigenvalue weighted by Gasteiger charge is 2.64. The Kier molecular flexibility index (Phi) is 3.55. The van der Waals surface area contributed by atoms with Gasteiger partial charge in [0.15, 0.2) is 5.78 Å². The minimum absolute atomic E-state index is 0.0321. The van der Waals surface area contributed by atoms with Gasteiger partial charge in [-0.15, -0.1) is 0 Å². The normalized spacial score (nSPS) is 40.2. The molecule has 4 nitrogen and oxygen atoms in total. The fourth-order valence-corrected chi connectivity index (χ4v) is 4.75. The monoisotopic (exact) mass is 304 g/mol. The summed E-state index contributed by atoms with van der Waals surface area (Å²) in [5, 5.41) is 11.0. The van der Waals surface area contributed by atoms with Crippen LogP contribution in [-0.4, -0.2) is 28.6 Å². The molecule has 3 fully saturated rings. The minimum atomic E-state index is -0.795. The van der Waals surface area contributed by atoms with Gasteiger partial charge >= 0.3 is 5.97 Å². The van der Waals surface area contributed by atoms with Crippen molar-refractivity contribution in [3.8, 4) is 0 Å². The zero-order chi connectivity index (χ0) is 16.1. The Labute approximate surface area is 131 Å². The summed E-state index contributed by atoms with van der Waals surface area (Å²) in [6.07, 6.45) is 6.33. The minimum Gasteiger partial charge on any atom is -0.462 e. The molecule has 4 heteroatoms. The second kappa shape index (κ2) is 5.05. The third-order valence-corrected chi connectivity index (χ3v) is 5.56. The predicted molar refractivity (Wildman–Crippen MR) is 82.0 cm³/mol. The molecule has 22 heavy (non-hydrogen) atoms. The van der Waals surface area contributed by atoms with E-state index in [1.165, 1.54) is 0 Å². The van der Waals surface area contributed by atoms with Crippen molar-refractivity contribution in [3.63, 3.8) is 0 Å². The van der Waals surface area contributed by atoms with E-state index in [-0.39, 0.29) is 29.2 Å². The molecule has 0 aromatic carbocycles. The number of fused-ring (bicyclic) bond motifs is 1. The zero-order valence-corrected chi connectivity index (χ0v) is 13.5. The van der Waals surface area contributed by atoms with Crippen LogP contribution < -0.4 is 0 Å². The van der Waals surface area contributed by atoms with Gasteiger partial charge in [-0.2, -0.15) is 0 Å². The number of carbonyl (C=O) groups is 2. The highest BCUT2D eigenvalue weighted by Crippen LogP contribution is 2.62. The summed E-state index contributed by atoms with van der Waals surface area (Å²) in [6, 6.07) is 0. The molecule has 3 rings (SSSR count). The number of carbonyl (C=O) groups excluding carboxylic acids is 2. The average Bonchev–Trinajstić information content (AvgIpc) is 2.81. The molecule has 1 heterocycles. The van der Waals surface area contributed by atoms with Crippen LogP contribution >= 0.6 is 0 Å². The number of allylic oxidation sites excluding steroid dienone is 3. The summed E-state index contributed by atoms with van der Waals surface area (Å²) >= 11 is 0. The maximum absolute atomic E-state index is 12.0. The maximum atomic E-state index is 12.0. The van der Waals surface area contributed by atoms with Gasteiger partial charge in [0.2, 0.25) is 0 Å². The Morgan fingerprint density at radius 3 is 2.73 bits per heavy atom. The van der Waals surface area contributed by atoms with Gasteiger partial charge in [-0.25, -0.2) is 0 Å². The van der Waals surface area contributed by atoms with Crippen molar-refractivity contribution in [1.82, 2.24) is 0 Å². The lowest BCUT2D eigenvalue weighted by Crippen LogP contribution is -2.41. The van der Waals surface area contributed by atoms with Gasteiger partial charge < -0.3 is 9.84 Å². The summed E-state index contributed by atoms with van der Waals surface area (Å²) < 4.78 is 5.45. The zero-order valence-electron chi connectivity index (χ0n) is 13.5. The van der Waals surface area contributed by atoms with Gasteiger partial charge in [0.05, 0.1) is 12.0 Å². The molecule has 1 N–H and O–H groups in total. The van der Waals surface area contributed by atoms with Gasteiger partial charge in [0.1, 0.15) is 6.10 Å². The molecular weight excluding hydrogens is 280 g/mol. The first kappa shape index (κ1) is 15.5. The first-order chi connectivity index (χ1) is 10.2. The third-order valence-electron chi connectivity index (χ3n) is 5.56. The highest BCUT2D eigenvalue weighted by molar-refractivity contribution is 6.00. The topological polar surface area (TPSA) is 63.6 Å². The van der Waals surface area contributed by atoms with E-state index >= 15 is 0 Å². The van der Waals surface area contributed by atoms with Crippen LogP contribution in [0.15, 0.2) is 23.3 Å². The summed E-state index contributed by atoms with van der Waals surface area (Å²) in [5.41, 5.74) is 0.868. The van der Waals surface area contributed by atoms with Crippen LogP contribution in [-0.2, 0) is 14.3 Å². The van der Waals surface area contributed by atoms with Crippen molar-refractivity contribution < 1.29 is 19.4 Å². The number of ether oxygens (including phenoxy) is 1. The fraction of sp³-hybridized carbons (Fsp3) is 0.667. The number of hydrogen-bond acceptors (Lipinski definition) is 4. The fourth-order valence-electron chi connectivity index (χ4n) is 4.75. The van der Waals surface area contributed by atoms with E-state index in [0.29, 0.717) is 19.3 Å². The van der Waals surface area contributed by atoms with Gasteiger partial charge in [-0.05, 0) is 58.6 Å². The lowest BCUT2D eigenvalue weighted by Gasteiger charge is -2.37. The second-order valence-corrected chi connectivity index (χ2v) is 7.61. The van der Waals surface area contributed by atoms with Crippen molar-refractivity contribution in [2.45, 2.75) is 64.6 Å². The smallest absolute Gasteiger partial charge is 0.306 e. The number of hydrogen-bond donors (Lipinski definition) is 1. The lowest BCUT2D eigenvalue weighted by molar-refractivity contribution is -0.143. The Hall–Kier alpha value is -1.42. The first-order valence-corrected chi connectivity index (χ1v) is 8.03. The first-order valence-electron chi connectivity index (χ1n) is 8.03. The van der Waals surface area contributed by atoms with E-state index in [2.05, 4.69) is 0 Å². The Morgan fingerprint density at radius 1 is 1.32 bits per heavy atom. The van der Waals surface area contributed by atoms with Crippen molar-refractivity contribution in [2.24, 2.45) is 11.3 Å². The van der Waals surface area contributed by atoms with Gasteiger partial charge in [0, 0.05) is 11.3 Å². The third kappa shape index (κ3) is 2.43. The molecule has 1 aliphatic heterocycles. The molecule has 0 aromatic heterocycles. The largest absolute Gasteiger partial charge is 0.462 e. The number of rotatable bonds is 3. The van der Waals surface area contributed by atoms with E-state index in [1.807, 2.05) is 20.8 Å². The molecule has 2 aliphatic carbocycles. The summed E-state index contributed by atoms with van der Waals surface area (Å²) in [7, 11) is 0. The van der Waals surface area contributed by atoms with Crippen LogP contribution in [0.25, 0.3) is 0 Å². The average molecular weight is 304 g/mol. The predicted octanol–water partition coefficient (Wildman–Crippen LogP) is 2.70. The molecule has 1 spiro atoms. The van der Waals surface area contributed by atoms with Crippen molar-refractivity contribution in [2.75, 3.05) is 0 Å². The van der Waals surface area contributed by atoms with Gasteiger partial charge in [0.25, 0.3) is 0 Å². The van der Waals surface area contributed by atoms with Crippen LogP contribution in [0, 0.1) is 11.3 Å². The van der Waals surface area contributed by atoms with Gasteiger partial charge in [-0.3, -0.25) is 9.59 Å². The van der Waals surface area contributed by atoms with Crippen LogP contribution in [0.4, 0.5) is 0 Å². The molecule has 2 bridgehead atoms. The van der Waals surface area contributed by atoms with Crippen molar-refractivity contribution in [3.05, 3.63) is 23.3 Å². The van der Waals surface area contributed by atoms with Crippen LogP contribution in [0.5, 0.6) is 0 Å². The lowest BCUT2D eigenvalue weighted by atomic mass is 9.71. The Morgan fingerprint density at radius 2 is 2.05 bits per heavy atom. The maximum Gasteiger partial charge on any atom is 0.306 e. The highest BCUT2D eigenvalue weighted by atomic mass is 16.6. The molecule has 0 amide bonds. The Balaban J connectivity index is 1.87. The molecule has 3 aliphatic rings. The van der Waals surface area contributed by atoms with Crippen LogP contribution in [0.1, 0.15) is 52.9 Å². The summed E-state index contributed by atoms with van der Waals surface area (Å²) in [4.78, 5) is 23.7. The Bertz CT molecular complexity index is 584. The number of esters is 1. The molecule has 2 saturated carbocycles. The van der Waals surface area contributed by atoms with Gasteiger partial charge in [-0.1, -0.05) is 11.1 Å². The van der Waals surface area contributed by atoms with Crippen molar-refractivity contribution in [1.29, 1.82) is 0 Å². The second-order valence-electron chi connectivity index (χ2n) is 7.61. The van der Waals surface area contributed by atoms with E-state index < -0.39 is 5.60 Å². The standard InChI is InChI=1S/C18H24O4/c1-11(2)6-13(19)7-12(3)14-8-17-9-16(20)22-15(17)4-5-18(14,21)10-17/h6-7,14-15,21H,4-5,8-10H2,1-3H3/b12-7-. The quantitative estimate of drug-likeness (QED) is 0.643. The summed E-state index contributed by atoms with van der Waals surface area (Å²) in [6.45, 7) is 5.70. The van der Waals surface area contributed by atoms with Crippen LogP contribution in [0.2, 0.25) is 0 Å². The van der Waals surface area contributed by atoms with E-state index in [9.17, 15) is 14.7 Å². The summed E-state index contributed by atoms with van der Waals surface area (Å²) in [5.74, 6) is -0.228. The number of ketones is 1. The molecule has 4 atom stereocenters. The van der Waals surface area contributed by atoms with Crippen LogP contribution in [0.3, 0.4) is 0 Å². The van der Waals surface area contributed by atoms with E-state index in [4.69, 9.17) is 4.74 Å². The molecule has 4 unspecified atom stereocenters. The molecule has 0 radical (unpaired) electrons. The number of aliphatic hydroxyl groups is 1. The SMILES string of the molecule is CC(C)=CC(=O)/C=C(/C)C1CC23CC(=O)OC2CCC1(O)C3. The van der Waals surface area contributed by atoms with Crippen molar-refractivity contribution >= 4 is 11.8 Å². The van der Waals surface area contributed by atoms with E-state index in [1.54, 1.807) is 12.2 Å². The molecule has 0 aromatic rings. The molecular formula is C18H24O4.